The second kappa shape index (κ2) is 13.4. The molecule has 0 aromatic rings. The van der Waals surface area contributed by atoms with Crippen LogP contribution in [-0.4, -0.2) is 85.7 Å². The molecule has 2 N–H and O–H groups in total. The molecule has 5 nitrogen and oxygen atoms in total. The van der Waals surface area contributed by atoms with Crippen molar-refractivity contribution in [2.24, 2.45) is 10.9 Å². The minimum atomic E-state index is 0. The summed E-state index contributed by atoms with van der Waals surface area (Å²) in [6.07, 6.45) is 2.15. The minimum absolute atomic E-state index is 0. The molecule has 0 amide bonds. The molecule has 7 heteroatoms. The van der Waals surface area contributed by atoms with E-state index in [1.165, 1.54) is 39.3 Å². The quantitative estimate of drug-likeness (QED) is 0.299. The smallest absolute Gasteiger partial charge is 0.191 e. The molecule has 1 rings (SSSR count). The number of aliphatic imine (C=N–C) groups is 1. The molecule has 1 fully saturated rings. The average Bonchev–Trinajstić information content (AvgIpc) is 2.58. The number of piperazine rings is 1. The van der Waals surface area contributed by atoms with Crippen molar-refractivity contribution in [3.8, 4) is 0 Å². The lowest BCUT2D eigenvalue weighted by molar-refractivity contribution is 0.124. The van der Waals surface area contributed by atoms with Gasteiger partial charge in [-0.3, -0.25) is 4.99 Å². The average molecular weight is 486 g/mol. The molecule has 0 radical (unpaired) electrons. The summed E-state index contributed by atoms with van der Waals surface area (Å²) >= 11 is 1.86. The molecule has 1 atom stereocenters. The summed E-state index contributed by atoms with van der Waals surface area (Å²) in [6, 6.07) is 0. The van der Waals surface area contributed by atoms with Crippen LogP contribution in [0.5, 0.6) is 0 Å². The van der Waals surface area contributed by atoms with E-state index in [9.17, 15) is 0 Å². The van der Waals surface area contributed by atoms with Gasteiger partial charge in [0, 0.05) is 50.6 Å². The summed E-state index contributed by atoms with van der Waals surface area (Å²) in [5.74, 6) is 1.57. The number of hydrogen-bond acceptors (Lipinski definition) is 4. The fourth-order valence-corrected chi connectivity index (χ4v) is 2.93. The predicted molar refractivity (Wildman–Crippen MR) is 125 cm³/mol. The lowest BCUT2D eigenvalue weighted by atomic mass is 10.1. The Morgan fingerprint density at radius 2 is 1.72 bits per heavy atom. The van der Waals surface area contributed by atoms with Crippen molar-refractivity contribution in [2.45, 2.75) is 39.4 Å². The van der Waals surface area contributed by atoms with Gasteiger partial charge in [-0.2, -0.15) is 11.8 Å². The van der Waals surface area contributed by atoms with Crippen molar-refractivity contribution in [1.29, 1.82) is 0 Å². The van der Waals surface area contributed by atoms with E-state index >= 15 is 0 Å². The summed E-state index contributed by atoms with van der Waals surface area (Å²) in [6.45, 7) is 21.1. The van der Waals surface area contributed by atoms with E-state index < -0.39 is 0 Å². The Morgan fingerprint density at radius 3 is 2.24 bits per heavy atom. The van der Waals surface area contributed by atoms with E-state index in [1.54, 1.807) is 0 Å². The fraction of sp³-hybridized carbons (Fsp3) is 0.944. The predicted octanol–water partition coefficient (Wildman–Crippen LogP) is 2.57. The van der Waals surface area contributed by atoms with Crippen molar-refractivity contribution in [1.82, 2.24) is 20.4 Å². The summed E-state index contributed by atoms with van der Waals surface area (Å²) < 4.78 is 0.187. The van der Waals surface area contributed by atoms with Crippen molar-refractivity contribution in [2.75, 3.05) is 65.2 Å². The molecule has 1 aliphatic rings. The number of guanidine groups is 1. The Morgan fingerprint density at radius 1 is 1.12 bits per heavy atom. The first-order valence-electron chi connectivity index (χ1n) is 9.42. The first-order valence-corrected chi connectivity index (χ1v) is 10.6. The normalized spacial score (nSPS) is 18.6. The van der Waals surface area contributed by atoms with Crippen LogP contribution < -0.4 is 10.6 Å². The Hall–Kier alpha value is 0.270. The molecule has 1 saturated heterocycles. The van der Waals surface area contributed by atoms with Gasteiger partial charge in [0.15, 0.2) is 5.96 Å². The number of nitrogens with one attached hydrogen (secondary N) is 2. The lowest BCUT2D eigenvalue weighted by Gasteiger charge is -2.35. The van der Waals surface area contributed by atoms with Crippen molar-refractivity contribution in [3.05, 3.63) is 0 Å². The Kier molecular flexibility index (Phi) is 13.6. The van der Waals surface area contributed by atoms with Gasteiger partial charge >= 0.3 is 0 Å². The molecule has 0 aromatic carbocycles. The monoisotopic (exact) mass is 485 g/mol. The van der Waals surface area contributed by atoms with E-state index in [0.29, 0.717) is 5.92 Å². The van der Waals surface area contributed by atoms with Gasteiger partial charge in [0.1, 0.15) is 0 Å². The summed E-state index contributed by atoms with van der Waals surface area (Å²) in [5.41, 5.74) is 0. The van der Waals surface area contributed by atoms with E-state index in [0.717, 1.165) is 25.6 Å². The highest BCUT2D eigenvalue weighted by atomic mass is 127. The maximum absolute atomic E-state index is 4.75. The highest BCUT2D eigenvalue weighted by Crippen LogP contribution is 2.20. The molecule has 150 valence electrons. The van der Waals surface area contributed by atoms with Gasteiger partial charge < -0.3 is 20.4 Å². The van der Waals surface area contributed by atoms with Crippen LogP contribution in [0.3, 0.4) is 0 Å². The van der Waals surface area contributed by atoms with Gasteiger partial charge in [0.25, 0.3) is 0 Å². The van der Waals surface area contributed by atoms with Gasteiger partial charge in [0.2, 0.25) is 0 Å². The van der Waals surface area contributed by atoms with E-state index in [4.69, 9.17) is 4.99 Å². The summed E-state index contributed by atoms with van der Waals surface area (Å²) in [5, 5.41) is 6.88. The summed E-state index contributed by atoms with van der Waals surface area (Å²) in [4.78, 5) is 9.88. The summed E-state index contributed by atoms with van der Waals surface area (Å²) in [7, 11) is 0. The van der Waals surface area contributed by atoms with Crippen LogP contribution in [0.1, 0.15) is 34.6 Å². The van der Waals surface area contributed by atoms with Gasteiger partial charge in [-0.15, -0.1) is 24.0 Å². The molecule has 1 heterocycles. The number of hydrogen-bond donors (Lipinski definition) is 2. The molecule has 1 unspecified atom stereocenters. The van der Waals surface area contributed by atoms with Crippen LogP contribution >= 0.6 is 35.7 Å². The number of likely N-dealkylation sites (N-methyl/N-ethyl adjacent to an activating group) is 1. The molecule has 0 saturated carbocycles. The zero-order chi connectivity index (χ0) is 18.0. The number of halogens is 1. The Labute approximate surface area is 177 Å². The maximum Gasteiger partial charge on any atom is 0.191 e. The van der Waals surface area contributed by atoms with Gasteiger partial charge in [-0.25, -0.2) is 0 Å². The maximum atomic E-state index is 4.75. The molecule has 0 bridgehead atoms. The SMILES string of the molecule is CCNC(=NCC(C)(C)SC)NCC(C)CN1CCN(CC)CC1.I. The number of rotatable bonds is 9. The fourth-order valence-electron chi connectivity index (χ4n) is 2.74. The van der Waals surface area contributed by atoms with Crippen LogP contribution in [0, 0.1) is 5.92 Å². The van der Waals surface area contributed by atoms with E-state index in [2.05, 4.69) is 61.3 Å². The lowest BCUT2D eigenvalue weighted by Crippen LogP contribution is -2.48. The van der Waals surface area contributed by atoms with Gasteiger partial charge in [0.05, 0.1) is 6.54 Å². The zero-order valence-electron chi connectivity index (χ0n) is 17.1. The number of thioether (sulfide) groups is 1. The molecule has 1 aliphatic heterocycles. The second-order valence-electron chi connectivity index (χ2n) is 7.38. The second-order valence-corrected chi connectivity index (χ2v) is 8.89. The highest BCUT2D eigenvalue weighted by Gasteiger charge is 2.18. The third-order valence-electron chi connectivity index (χ3n) is 4.61. The first kappa shape index (κ1) is 25.3. The van der Waals surface area contributed by atoms with E-state index in [1.807, 2.05) is 11.8 Å². The van der Waals surface area contributed by atoms with Crippen LogP contribution in [0.2, 0.25) is 0 Å². The van der Waals surface area contributed by atoms with Gasteiger partial charge in [-0.05, 0) is 39.5 Å². The van der Waals surface area contributed by atoms with E-state index in [-0.39, 0.29) is 28.7 Å². The highest BCUT2D eigenvalue weighted by molar-refractivity contribution is 14.0. The van der Waals surface area contributed by atoms with Crippen LogP contribution in [-0.2, 0) is 0 Å². The standard InChI is InChI=1S/C18H39N5S.HI/c1-7-19-17(21-15-18(4,5)24-6)20-13-16(3)14-23-11-9-22(8-2)10-12-23;/h16H,7-15H2,1-6H3,(H2,19,20,21);1H. The molecule has 25 heavy (non-hydrogen) atoms. The third kappa shape index (κ3) is 10.9. The molecular weight excluding hydrogens is 445 g/mol. The van der Waals surface area contributed by atoms with Crippen LogP contribution in [0.25, 0.3) is 0 Å². The first-order chi connectivity index (χ1) is 11.4. The topological polar surface area (TPSA) is 42.9 Å². The Bertz CT molecular complexity index is 370. The Balaban J connectivity index is 0.00000576. The van der Waals surface area contributed by atoms with Gasteiger partial charge in [-0.1, -0.05) is 13.8 Å². The van der Waals surface area contributed by atoms with Crippen LogP contribution in [0.15, 0.2) is 4.99 Å². The van der Waals surface area contributed by atoms with Crippen molar-refractivity contribution in [3.63, 3.8) is 0 Å². The molecule has 0 aromatic heterocycles. The van der Waals surface area contributed by atoms with Crippen molar-refractivity contribution < 1.29 is 0 Å². The zero-order valence-corrected chi connectivity index (χ0v) is 20.2. The molecular formula is C18H40IN5S. The largest absolute Gasteiger partial charge is 0.357 e. The minimum Gasteiger partial charge on any atom is -0.357 e. The molecule has 0 aliphatic carbocycles. The van der Waals surface area contributed by atoms with Crippen LogP contribution in [0.4, 0.5) is 0 Å². The molecule has 0 spiro atoms. The number of nitrogens with zero attached hydrogens (tertiary/aromatic N) is 3. The van der Waals surface area contributed by atoms with Crippen molar-refractivity contribution >= 4 is 41.7 Å². The third-order valence-corrected chi connectivity index (χ3v) is 5.85.